The molecule has 3 heteroatoms. The summed E-state index contributed by atoms with van der Waals surface area (Å²) in [4.78, 5) is 2.82. The molecule has 1 unspecified atom stereocenters. The highest BCUT2D eigenvalue weighted by molar-refractivity contribution is 7.12. The van der Waals surface area contributed by atoms with Crippen LogP contribution in [0.15, 0.2) is 36.4 Å². The predicted molar refractivity (Wildman–Crippen MR) is 89.7 cm³/mol. The van der Waals surface area contributed by atoms with Gasteiger partial charge in [0.05, 0.1) is 0 Å². The van der Waals surface area contributed by atoms with Crippen molar-refractivity contribution in [3.05, 3.63) is 56.7 Å². The van der Waals surface area contributed by atoms with Crippen LogP contribution in [0, 0.1) is 0 Å². The normalized spacial score (nSPS) is 13.4. The molecule has 1 aromatic carbocycles. The quantitative estimate of drug-likeness (QED) is 0.781. The summed E-state index contributed by atoms with van der Waals surface area (Å²) in [6.07, 6.45) is 0. The van der Waals surface area contributed by atoms with Crippen molar-refractivity contribution in [2.24, 2.45) is 0 Å². The molecule has 0 spiro atoms. The van der Waals surface area contributed by atoms with Gasteiger partial charge in [-0.2, -0.15) is 0 Å². The number of nitrogens with one attached hydrogen (secondary N) is 1. The van der Waals surface area contributed by atoms with Crippen molar-refractivity contribution in [2.45, 2.75) is 45.7 Å². The molecular formula is C17H22ClNS. The highest BCUT2D eigenvalue weighted by atomic mass is 35.5. The molecular weight excluding hydrogens is 286 g/mol. The lowest BCUT2D eigenvalue weighted by Gasteiger charge is -2.16. The van der Waals surface area contributed by atoms with Gasteiger partial charge in [-0.25, -0.2) is 0 Å². The molecule has 1 heterocycles. The second-order valence-corrected chi connectivity index (χ2v) is 7.77. The Morgan fingerprint density at radius 1 is 1.10 bits per heavy atom. The first-order chi connectivity index (χ1) is 9.36. The van der Waals surface area contributed by atoms with E-state index >= 15 is 0 Å². The largest absolute Gasteiger partial charge is 0.305 e. The molecule has 0 aliphatic rings. The molecule has 1 nitrogen and oxygen atoms in total. The van der Waals surface area contributed by atoms with Gasteiger partial charge in [0.15, 0.2) is 0 Å². The standard InChI is InChI=1S/C17H22ClNS/c1-12(13-5-7-14(18)8-6-13)19-11-15-9-10-16(20-15)17(2,3)4/h5-10,12,19H,11H2,1-4H3. The molecule has 0 aliphatic heterocycles. The highest BCUT2D eigenvalue weighted by Crippen LogP contribution is 2.29. The van der Waals surface area contributed by atoms with Crippen LogP contribution in [-0.4, -0.2) is 0 Å². The molecule has 0 radical (unpaired) electrons. The van der Waals surface area contributed by atoms with Gasteiger partial charge in [-0.15, -0.1) is 11.3 Å². The molecule has 1 N–H and O–H groups in total. The molecule has 2 rings (SSSR count). The molecule has 0 amide bonds. The topological polar surface area (TPSA) is 12.0 Å². The van der Waals surface area contributed by atoms with Crippen LogP contribution in [0.25, 0.3) is 0 Å². The second-order valence-electron chi connectivity index (χ2n) is 6.17. The van der Waals surface area contributed by atoms with Gasteiger partial charge in [-0.3, -0.25) is 0 Å². The minimum absolute atomic E-state index is 0.241. The average Bonchev–Trinajstić information content (AvgIpc) is 2.85. The fourth-order valence-electron chi connectivity index (χ4n) is 2.00. The Morgan fingerprint density at radius 3 is 2.30 bits per heavy atom. The van der Waals surface area contributed by atoms with E-state index in [1.54, 1.807) is 0 Å². The lowest BCUT2D eigenvalue weighted by atomic mass is 9.95. The van der Waals surface area contributed by atoms with Crippen molar-refractivity contribution in [1.82, 2.24) is 5.32 Å². The minimum Gasteiger partial charge on any atom is -0.305 e. The van der Waals surface area contributed by atoms with Gasteiger partial charge < -0.3 is 5.32 Å². The van der Waals surface area contributed by atoms with Gasteiger partial charge in [0.1, 0.15) is 0 Å². The summed E-state index contributed by atoms with van der Waals surface area (Å²) in [5.41, 5.74) is 1.51. The first kappa shape index (κ1) is 15.6. The number of rotatable bonds is 4. The molecule has 20 heavy (non-hydrogen) atoms. The lowest BCUT2D eigenvalue weighted by Crippen LogP contribution is -2.17. The summed E-state index contributed by atoms with van der Waals surface area (Å²) in [5.74, 6) is 0. The van der Waals surface area contributed by atoms with Crippen molar-refractivity contribution in [3.63, 3.8) is 0 Å². The Bertz CT molecular complexity index is 551. The van der Waals surface area contributed by atoms with Crippen LogP contribution in [0.4, 0.5) is 0 Å². The molecule has 1 atom stereocenters. The zero-order valence-electron chi connectivity index (χ0n) is 12.5. The SMILES string of the molecule is CC(NCc1ccc(C(C)(C)C)s1)c1ccc(Cl)cc1. The van der Waals surface area contributed by atoms with E-state index in [-0.39, 0.29) is 5.41 Å². The molecule has 0 saturated heterocycles. The van der Waals surface area contributed by atoms with Gasteiger partial charge in [0, 0.05) is 27.4 Å². The Balaban J connectivity index is 1.95. The minimum atomic E-state index is 0.241. The Morgan fingerprint density at radius 2 is 1.75 bits per heavy atom. The van der Waals surface area contributed by atoms with Crippen molar-refractivity contribution in [2.75, 3.05) is 0 Å². The van der Waals surface area contributed by atoms with Crippen LogP contribution in [0.3, 0.4) is 0 Å². The highest BCUT2D eigenvalue weighted by Gasteiger charge is 2.16. The summed E-state index contributed by atoms with van der Waals surface area (Å²) < 4.78 is 0. The first-order valence-corrected chi connectivity index (χ1v) is 8.14. The molecule has 0 bridgehead atoms. The Hall–Kier alpha value is -0.830. The summed E-state index contributed by atoms with van der Waals surface area (Å²) in [5, 5.41) is 4.35. The third-order valence-electron chi connectivity index (χ3n) is 3.35. The molecule has 0 saturated carbocycles. The van der Waals surface area contributed by atoms with Crippen LogP contribution in [0.2, 0.25) is 5.02 Å². The summed E-state index contributed by atoms with van der Waals surface area (Å²) in [6, 6.07) is 12.8. The molecule has 108 valence electrons. The van der Waals surface area contributed by atoms with Crippen LogP contribution in [0.5, 0.6) is 0 Å². The molecule has 2 aromatic rings. The van der Waals surface area contributed by atoms with Gasteiger partial charge in [-0.1, -0.05) is 44.5 Å². The van der Waals surface area contributed by atoms with Gasteiger partial charge >= 0.3 is 0 Å². The predicted octanol–water partition coefficient (Wildman–Crippen LogP) is 5.55. The number of benzene rings is 1. The van der Waals surface area contributed by atoms with Crippen LogP contribution < -0.4 is 5.32 Å². The Kier molecular flexibility index (Phi) is 4.90. The van der Waals surface area contributed by atoms with E-state index in [0.29, 0.717) is 6.04 Å². The zero-order chi connectivity index (χ0) is 14.8. The first-order valence-electron chi connectivity index (χ1n) is 6.94. The van der Waals surface area contributed by atoms with E-state index in [9.17, 15) is 0 Å². The Labute approximate surface area is 131 Å². The third kappa shape index (κ3) is 4.08. The van der Waals surface area contributed by atoms with Crippen LogP contribution >= 0.6 is 22.9 Å². The van der Waals surface area contributed by atoms with E-state index in [1.807, 2.05) is 23.5 Å². The second kappa shape index (κ2) is 6.30. The lowest BCUT2D eigenvalue weighted by molar-refractivity contribution is 0.579. The monoisotopic (exact) mass is 307 g/mol. The van der Waals surface area contributed by atoms with Gasteiger partial charge in [-0.05, 0) is 42.2 Å². The maximum Gasteiger partial charge on any atom is 0.0406 e. The van der Waals surface area contributed by atoms with Gasteiger partial charge in [0.2, 0.25) is 0 Å². The van der Waals surface area contributed by atoms with Crippen molar-refractivity contribution >= 4 is 22.9 Å². The van der Waals surface area contributed by atoms with Crippen molar-refractivity contribution in [1.29, 1.82) is 0 Å². The number of thiophene rings is 1. The van der Waals surface area contributed by atoms with E-state index in [0.717, 1.165) is 11.6 Å². The maximum absolute atomic E-state index is 5.92. The molecule has 0 aliphatic carbocycles. The van der Waals surface area contributed by atoms with Crippen molar-refractivity contribution in [3.8, 4) is 0 Å². The van der Waals surface area contributed by atoms with Crippen LogP contribution in [0.1, 0.15) is 49.1 Å². The fourth-order valence-corrected chi connectivity index (χ4v) is 3.14. The van der Waals surface area contributed by atoms with E-state index < -0.39 is 0 Å². The summed E-state index contributed by atoms with van der Waals surface area (Å²) in [6.45, 7) is 9.86. The van der Waals surface area contributed by atoms with Crippen LogP contribution in [-0.2, 0) is 12.0 Å². The molecule has 1 aromatic heterocycles. The van der Waals surface area contributed by atoms with E-state index in [4.69, 9.17) is 11.6 Å². The molecule has 0 fully saturated rings. The third-order valence-corrected chi connectivity index (χ3v) is 5.12. The van der Waals surface area contributed by atoms with E-state index in [2.05, 4.69) is 57.3 Å². The number of hydrogen-bond donors (Lipinski definition) is 1. The fraction of sp³-hybridized carbons (Fsp3) is 0.412. The average molecular weight is 308 g/mol. The summed E-state index contributed by atoms with van der Waals surface area (Å²) >= 11 is 7.81. The number of halogens is 1. The van der Waals surface area contributed by atoms with E-state index in [1.165, 1.54) is 15.3 Å². The zero-order valence-corrected chi connectivity index (χ0v) is 14.1. The van der Waals surface area contributed by atoms with Crippen molar-refractivity contribution < 1.29 is 0 Å². The summed E-state index contributed by atoms with van der Waals surface area (Å²) in [7, 11) is 0. The number of hydrogen-bond acceptors (Lipinski definition) is 2. The maximum atomic E-state index is 5.92. The smallest absolute Gasteiger partial charge is 0.0406 e. The van der Waals surface area contributed by atoms with Gasteiger partial charge in [0.25, 0.3) is 0 Å².